The van der Waals surface area contributed by atoms with Crippen molar-refractivity contribution in [2.24, 2.45) is 5.73 Å². The zero-order valence-electron chi connectivity index (χ0n) is 10.3. The van der Waals surface area contributed by atoms with Crippen molar-refractivity contribution in [3.63, 3.8) is 0 Å². The lowest BCUT2D eigenvalue weighted by Crippen LogP contribution is -2.49. The first-order valence-corrected chi connectivity index (χ1v) is 5.68. The Kier molecular flexibility index (Phi) is 2.97. The Morgan fingerprint density at radius 1 is 1.56 bits per heavy atom. The van der Waals surface area contributed by atoms with Crippen molar-refractivity contribution in [2.75, 3.05) is 0 Å². The number of para-hydroxylation sites is 1. The summed E-state index contributed by atoms with van der Waals surface area (Å²) >= 11 is 0. The lowest BCUT2D eigenvalue weighted by Gasteiger charge is -2.21. The van der Waals surface area contributed by atoms with Crippen molar-refractivity contribution in [1.82, 2.24) is 4.57 Å². The summed E-state index contributed by atoms with van der Waals surface area (Å²) in [6, 6.07) is 7.84. The van der Waals surface area contributed by atoms with Gasteiger partial charge in [0.2, 0.25) is 0 Å². The number of hydrogen-bond acceptors (Lipinski definition) is 2. The molecule has 2 aromatic rings. The number of rotatable bonds is 4. The topological polar surface area (TPSA) is 68.2 Å². The number of carboxylic acids is 1. The van der Waals surface area contributed by atoms with Gasteiger partial charge < -0.3 is 15.4 Å². The van der Waals surface area contributed by atoms with Gasteiger partial charge in [-0.25, -0.2) is 4.79 Å². The van der Waals surface area contributed by atoms with Crippen LogP contribution in [-0.2, 0) is 11.3 Å². The van der Waals surface area contributed by atoms with Gasteiger partial charge in [-0.2, -0.15) is 0 Å². The molecule has 1 aromatic carbocycles. The predicted molar refractivity (Wildman–Crippen MR) is 71.4 cm³/mol. The summed E-state index contributed by atoms with van der Waals surface area (Å²) in [6.07, 6.45) is 3.19. The Morgan fingerprint density at radius 2 is 2.22 bits per heavy atom. The van der Waals surface area contributed by atoms with E-state index < -0.39 is 11.5 Å². The second-order valence-electron chi connectivity index (χ2n) is 4.51. The lowest BCUT2D eigenvalue weighted by atomic mass is 10.0. The molecule has 4 nitrogen and oxygen atoms in total. The molecule has 1 atom stereocenters. The van der Waals surface area contributed by atoms with Crippen LogP contribution in [0.2, 0.25) is 0 Å². The van der Waals surface area contributed by atoms with E-state index in [0.29, 0.717) is 0 Å². The van der Waals surface area contributed by atoms with Gasteiger partial charge in [-0.3, -0.25) is 0 Å². The van der Waals surface area contributed by atoms with Crippen LogP contribution in [0.15, 0.2) is 43.1 Å². The van der Waals surface area contributed by atoms with E-state index >= 15 is 0 Å². The van der Waals surface area contributed by atoms with Crippen LogP contribution in [0.4, 0.5) is 0 Å². The van der Waals surface area contributed by atoms with Crippen LogP contribution in [0.1, 0.15) is 5.56 Å². The molecule has 3 N–H and O–H groups in total. The molecule has 0 aliphatic rings. The van der Waals surface area contributed by atoms with Crippen molar-refractivity contribution in [3.8, 4) is 0 Å². The lowest BCUT2D eigenvalue weighted by molar-refractivity contribution is -0.141. The number of aromatic nitrogens is 1. The maximum Gasteiger partial charge on any atom is 0.329 e. The molecule has 2 rings (SSSR count). The van der Waals surface area contributed by atoms with Gasteiger partial charge in [0, 0.05) is 17.1 Å². The molecule has 4 heteroatoms. The number of carbonyl (C=O) groups is 1. The van der Waals surface area contributed by atoms with Crippen molar-refractivity contribution < 1.29 is 9.90 Å². The van der Waals surface area contributed by atoms with Crippen LogP contribution < -0.4 is 5.73 Å². The van der Waals surface area contributed by atoms with E-state index in [-0.39, 0.29) is 6.54 Å². The zero-order chi connectivity index (χ0) is 13.3. The minimum atomic E-state index is -1.45. The SMILES string of the molecule is C=CC(N)(Cn1cc(C)c2ccccc21)C(=O)O. The second kappa shape index (κ2) is 4.31. The summed E-state index contributed by atoms with van der Waals surface area (Å²) < 4.78 is 1.86. The van der Waals surface area contributed by atoms with Crippen molar-refractivity contribution in [1.29, 1.82) is 0 Å². The van der Waals surface area contributed by atoms with E-state index in [9.17, 15) is 4.79 Å². The molecule has 18 heavy (non-hydrogen) atoms. The molecular weight excluding hydrogens is 228 g/mol. The minimum absolute atomic E-state index is 0.167. The number of aryl methyl sites for hydroxylation is 1. The average molecular weight is 244 g/mol. The van der Waals surface area contributed by atoms with Gasteiger partial charge in [0.15, 0.2) is 5.54 Å². The summed E-state index contributed by atoms with van der Waals surface area (Å²) in [7, 11) is 0. The summed E-state index contributed by atoms with van der Waals surface area (Å²) in [6.45, 7) is 5.68. The van der Waals surface area contributed by atoms with Gasteiger partial charge in [-0.15, -0.1) is 6.58 Å². The monoisotopic (exact) mass is 244 g/mol. The van der Waals surface area contributed by atoms with E-state index in [1.807, 2.05) is 42.0 Å². The highest BCUT2D eigenvalue weighted by Gasteiger charge is 2.31. The van der Waals surface area contributed by atoms with Gasteiger partial charge in [0.1, 0.15) is 0 Å². The summed E-state index contributed by atoms with van der Waals surface area (Å²) in [4.78, 5) is 11.2. The van der Waals surface area contributed by atoms with Crippen LogP contribution in [-0.4, -0.2) is 21.2 Å². The fourth-order valence-electron chi connectivity index (χ4n) is 2.06. The second-order valence-corrected chi connectivity index (χ2v) is 4.51. The Bertz CT molecular complexity index is 615. The first kappa shape index (κ1) is 12.4. The van der Waals surface area contributed by atoms with Gasteiger partial charge >= 0.3 is 5.97 Å². The number of hydrogen-bond donors (Lipinski definition) is 2. The van der Waals surface area contributed by atoms with Crippen molar-refractivity contribution >= 4 is 16.9 Å². The molecule has 94 valence electrons. The third-order valence-corrected chi connectivity index (χ3v) is 3.18. The normalized spacial score (nSPS) is 14.3. The highest BCUT2D eigenvalue weighted by atomic mass is 16.4. The molecule has 1 unspecified atom stereocenters. The van der Waals surface area contributed by atoms with E-state index in [0.717, 1.165) is 16.5 Å². The molecule has 0 aliphatic carbocycles. The molecule has 0 fully saturated rings. The number of benzene rings is 1. The largest absolute Gasteiger partial charge is 0.480 e. The molecular formula is C14H16N2O2. The van der Waals surface area contributed by atoms with Crippen molar-refractivity contribution in [2.45, 2.75) is 19.0 Å². The fraction of sp³-hybridized carbons (Fsp3) is 0.214. The van der Waals surface area contributed by atoms with Gasteiger partial charge in [-0.1, -0.05) is 24.3 Å². The van der Waals surface area contributed by atoms with E-state index in [4.69, 9.17) is 10.8 Å². The fourth-order valence-corrected chi connectivity index (χ4v) is 2.06. The van der Waals surface area contributed by atoms with Gasteiger partial charge in [-0.05, 0) is 18.6 Å². The van der Waals surface area contributed by atoms with Gasteiger partial charge in [0.05, 0.1) is 6.54 Å². The van der Waals surface area contributed by atoms with E-state index in [1.165, 1.54) is 6.08 Å². The number of aliphatic carboxylic acids is 1. The van der Waals surface area contributed by atoms with Crippen LogP contribution in [0, 0.1) is 6.92 Å². The molecule has 0 saturated heterocycles. The summed E-state index contributed by atoms with van der Waals surface area (Å²) in [5.74, 6) is -1.08. The number of nitrogens with zero attached hydrogens (tertiary/aromatic N) is 1. The zero-order valence-corrected chi connectivity index (χ0v) is 10.3. The minimum Gasteiger partial charge on any atom is -0.480 e. The van der Waals surface area contributed by atoms with Crippen LogP contribution in [0.5, 0.6) is 0 Å². The molecule has 0 bridgehead atoms. The predicted octanol–water partition coefficient (Wildman–Crippen LogP) is 1.92. The molecule has 1 heterocycles. The molecule has 0 radical (unpaired) electrons. The molecule has 0 saturated carbocycles. The summed E-state index contributed by atoms with van der Waals surface area (Å²) in [5.41, 5.74) is 6.46. The van der Waals surface area contributed by atoms with Crippen LogP contribution >= 0.6 is 0 Å². The van der Waals surface area contributed by atoms with Gasteiger partial charge in [0.25, 0.3) is 0 Å². The van der Waals surface area contributed by atoms with Crippen molar-refractivity contribution in [3.05, 3.63) is 48.7 Å². The van der Waals surface area contributed by atoms with E-state index in [2.05, 4.69) is 6.58 Å². The third-order valence-electron chi connectivity index (χ3n) is 3.18. The van der Waals surface area contributed by atoms with Crippen LogP contribution in [0.3, 0.4) is 0 Å². The molecule has 0 spiro atoms. The Morgan fingerprint density at radius 3 is 2.83 bits per heavy atom. The van der Waals surface area contributed by atoms with Crippen LogP contribution in [0.25, 0.3) is 10.9 Å². The number of fused-ring (bicyclic) bond motifs is 1. The first-order valence-electron chi connectivity index (χ1n) is 5.68. The van der Waals surface area contributed by atoms with E-state index in [1.54, 1.807) is 0 Å². The first-order chi connectivity index (χ1) is 8.48. The maximum absolute atomic E-state index is 11.2. The number of nitrogens with two attached hydrogens (primary N) is 1. The average Bonchev–Trinajstić information content (AvgIpc) is 2.66. The third kappa shape index (κ3) is 1.91. The molecule has 0 amide bonds. The number of carboxylic acid groups (broad SMARTS) is 1. The Balaban J connectivity index is 2.50. The molecule has 1 aromatic heterocycles. The smallest absolute Gasteiger partial charge is 0.329 e. The standard InChI is InChI=1S/C14H16N2O2/c1-3-14(15,13(17)18)9-16-8-10(2)11-6-4-5-7-12(11)16/h3-8H,1,9,15H2,2H3,(H,17,18). The highest BCUT2D eigenvalue weighted by molar-refractivity contribution is 5.85. The quantitative estimate of drug-likeness (QED) is 0.807. The Labute approximate surface area is 105 Å². The summed E-state index contributed by atoms with van der Waals surface area (Å²) in [5, 5.41) is 10.3. The maximum atomic E-state index is 11.2. The molecule has 0 aliphatic heterocycles. The Hall–Kier alpha value is -2.07. The highest BCUT2D eigenvalue weighted by Crippen LogP contribution is 2.22.